The summed E-state index contributed by atoms with van der Waals surface area (Å²) < 4.78 is 10.8. The number of quaternary nitrogens is 1. The van der Waals surface area contributed by atoms with Crippen LogP contribution in [0, 0.1) is 0 Å². The molecule has 0 spiro atoms. The molecule has 0 heterocycles. The highest BCUT2D eigenvalue weighted by molar-refractivity contribution is 5.79. The Morgan fingerprint density at radius 3 is 2.40 bits per heavy atom. The normalized spacial score (nSPS) is 12.9. The first-order chi connectivity index (χ1) is 12.1. The lowest BCUT2D eigenvalue weighted by atomic mass is 10.2. The fraction of sp³-hybridized carbons (Fsp3) is 0.350. The summed E-state index contributed by atoms with van der Waals surface area (Å²) in [5, 5.41) is 2.98. The number of methoxy groups -OCH3 is 1. The molecule has 0 aliphatic rings. The molecule has 0 aromatic heterocycles. The Labute approximate surface area is 149 Å². The summed E-state index contributed by atoms with van der Waals surface area (Å²) in [6.07, 6.45) is 0. The summed E-state index contributed by atoms with van der Waals surface area (Å²) in [6, 6.07) is 17.3. The predicted octanol–water partition coefficient (Wildman–Crippen LogP) is 1.29. The van der Waals surface area contributed by atoms with Gasteiger partial charge in [0.1, 0.15) is 24.7 Å². The van der Waals surface area contributed by atoms with Crippen molar-refractivity contribution in [1.82, 2.24) is 5.32 Å². The Kier molecular flexibility index (Phi) is 7.29. The molecular weight excluding hydrogens is 316 g/mol. The van der Waals surface area contributed by atoms with Crippen molar-refractivity contribution in [2.24, 2.45) is 0 Å². The van der Waals surface area contributed by atoms with E-state index in [9.17, 15) is 4.79 Å². The number of likely N-dealkylation sites (N-methyl/N-ethyl adjacent to an activating group) is 1. The van der Waals surface area contributed by atoms with Crippen molar-refractivity contribution < 1.29 is 19.2 Å². The number of carbonyl (C=O) groups is 1. The van der Waals surface area contributed by atoms with E-state index in [1.807, 2.05) is 68.6 Å². The zero-order valence-corrected chi connectivity index (χ0v) is 15.1. The number of carbonyl (C=O) groups excluding carboxylic acids is 1. The molecule has 1 amide bonds. The summed E-state index contributed by atoms with van der Waals surface area (Å²) in [6.45, 7) is 3.78. The van der Waals surface area contributed by atoms with Crippen LogP contribution in [0.3, 0.4) is 0 Å². The molecule has 25 heavy (non-hydrogen) atoms. The van der Waals surface area contributed by atoms with Crippen molar-refractivity contribution in [2.45, 2.75) is 19.5 Å². The third kappa shape index (κ3) is 6.12. The fourth-order valence-corrected chi connectivity index (χ4v) is 2.37. The average Bonchev–Trinajstić information content (AvgIpc) is 2.66. The number of ether oxygens (including phenoxy) is 2. The molecule has 2 N–H and O–H groups in total. The van der Waals surface area contributed by atoms with E-state index in [1.54, 1.807) is 7.11 Å². The maximum Gasteiger partial charge on any atom is 0.278 e. The quantitative estimate of drug-likeness (QED) is 0.721. The molecule has 0 aliphatic heterocycles. The van der Waals surface area contributed by atoms with Crippen LogP contribution in [0.25, 0.3) is 0 Å². The lowest BCUT2D eigenvalue weighted by Crippen LogP contribution is -3.14. The van der Waals surface area contributed by atoms with Gasteiger partial charge in [0.25, 0.3) is 5.91 Å². The van der Waals surface area contributed by atoms with E-state index >= 15 is 0 Å². The van der Waals surface area contributed by atoms with E-state index in [0.717, 1.165) is 28.5 Å². The SMILES string of the molecule is COc1ccc(CNC(=O)[C@@H](C)[NH+](C)CCOc2ccccc2)cc1. The lowest BCUT2D eigenvalue weighted by Gasteiger charge is -2.21. The van der Waals surface area contributed by atoms with E-state index in [0.29, 0.717) is 13.2 Å². The molecule has 5 heteroatoms. The van der Waals surface area contributed by atoms with Gasteiger partial charge in [-0.15, -0.1) is 0 Å². The molecule has 2 rings (SSSR count). The second kappa shape index (κ2) is 9.69. The Bertz CT molecular complexity index is 644. The van der Waals surface area contributed by atoms with Gasteiger partial charge in [-0.05, 0) is 36.8 Å². The van der Waals surface area contributed by atoms with Crippen LogP contribution in [-0.4, -0.2) is 39.3 Å². The fourth-order valence-electron chi connectivity index (χ4n) is 2.37. The maximum absolute atomic E-state index is 12.3. The first kappa shape index (κ1) is 18.8. The summed E-state index contributed by atoms with van der Waals surface area (Å²) in [5.74, 6) is 1.70. The van der Waals surface area contributed by atoms with E-state index in [-0.39, 0.29) is 11.9 Å². The maximum atomic E-state index is 12.3. The Hall–Kier alpha value is -2.53. The van der Waals surface area contributed by atoms with Gasteiger partial charge in [-0.1, -0.05) is 30.3 Å². The zero-order chi connectivity index (χ0) is 18.1. The van der Waals surface area contributed by atoms with E-state index < -0.39 is 0 Å². The minimum absolute atomic E-state index is 0.0352. The van der Waals surface area contributed by atoms with Crippen LogP contribution in [0.5, 0.6) is 11.5 Å². The van der Waals surface area contributed by atoms with Crippen LogP contribution in [0.1, 0.15) is 12.5 Å². The van der Waals surface area contributed by atoms with Crippen LogP contribution in [-0.2, 0) is 11.3 Å². The van der Waals surface area contributed by atoms with Gasteiger partial charge >= 0.3 is 0 Å². The smallest absolute Gasteiger partial charge is 0.278 e. The summed E-state index contributed by atoms with van der Waals surface area (Å²) in [7, 11) is 3.64. The van der Waals surface area contributed by atoms with Crippen molar-refractivity contribution >= 4 is 5.91 Å². The highest BCUT2D eigenvalue weighted by atomic mass is 16.5. The molecule has 0 aliphatic carbocycles. The molecule has 2 aromatic carbocycles. The number of amides is 1. The first-order valence-corrected chi connectivity index (χ1v) is 8.51. The van der Waals surface area contributed by atoms with Crippen molar-refractivity contribution in [1.29, 1.82) is 0 Å². The number of hydrogen-bond acceptors (Lipinski definition) is 3. The third-order valence-corrected chi connectivity index (χ3v) is 4.27. The van der Waals surface area contributed by atoms with Gasteiger partial charge in [0.05, 0.1) is 14.2 Å². The molecular formula is C20H27N2O3+. The Morgan fingerprint density at radius 2 is 1.76 bits per heavy atom. The van der Waals surface area contributed by atoms with Crippen molar-refractivity contribution in [3.05, 3.63) is 60.2 Å². The molecule has 2 atom stereocenters. The van der Waals surface area contributed by atoms with Crippen LogP contribution in [0.4, 0.5) is 0 Å². The zero-order valence-electron chi connectivity index (χ0n) is 15.1. The van der Waals surface area contributed by atoms with Gasteiger partial charge in [0.2, 0.25) is 0 Å². The van der Waals surface area contributed by atoms with Crippen LogP contribution >= 0.6 is 0 Å². The topological polar surface area (TPSA) is 52.0 Å². The van der Waals surface area contributed by atoms with Gasteiger partial charge in [-0.2, -0.15) is 0 Å². The van der Waals surface area contributed by atoms with Gasteiger partial charge in [-0.25, -0.2) is 0 Å². The number of rotatable bonds is 9. The molecule has 0 fully saturated rings. The minimum Gasteiger partial charge on any atom is -0.497 e. The minimum atomic E-state index is -0.141. The average molecular weight is 343 g/mol. The molecule has 2 aromatic rings. The van der Waals surface area contributed by atoms with E-state index in [2.05, 4.69) is 5.32 Å². The Morgan fingerprint density at radius 1 is 1.08 bits per heavy atom. The highest BCUT2D eigenvalue weighted by Gasteiger charge is 2.21. The van der Waals surface area contributed by atoms with E-state index in [1.165, 1.54) is 0 Å². The van der Waals surface area contributed by atoms with Crippen LogP contribution in [0.15, 0.2) is 54.6 Å². The van der Waals surface area contributed by atoms with Crippen LogP contribution < -0.4 is 19.7 Å². The van der Waals surface area contributed by atoms with Gasteiger partial charge in [0, 0.05) is 6.54 Å². The van der Waals surface area contributed by atoms with Crippen molar-refractivity contribution in [3.8, 4) is 11.5 Å². The van der Waals surface area contributed by atoms with Gasteiger partial charge < -0.3 is 19.7 Å². The summed E-state index contributed by atoms with van der Waals surface area (Å²) in [4.78, 5) is 13.4. The largest absolute Gasteiger partial charge is 0.497 e. The monoisotopic (exact) mass is 343 g/mol. The number of hydrogen-bond donors (Lipinski definition) is 2. The first-order valence-electron chi connectivity index (χ1n) is 8.51. The Balaban J connectivity index is 1.72. The number of para-hydroxylation sites is 1. The number of nitrogens with one attached hydrogen (secondary N) is 2. The lowest BCUT2D eigenvalue weighted by molar-refractivity contribution is -0.894. The molecule has 5 nitrogen and oxygen atoms in total. The number of benzene rings is 2. The summed E-state index contributed by atoms with van der Waals surface area (Å²) >= 11 is 0. The second-order valence-electron chi connectivity index (χ2n) is 6.05. The standard InChI is InChI=1S/C20H26N2O3/c1-16(22(2)13-14-25-19-7-5-4-6-8-19)20(23)21-15-17-9-11-18(24-3)12-10-17/h4-12,16H,13-15H2,1-3H3,(H,21,23)/p+1/t16-/m1/s1. The molecule has 0 saturated carbocycles. The summed E-state index contributed by atoms with van der Waals surface area (Å²) in [5.41, 5.74) is 1.05. The molecule has 134 valence electrons. The molecule has 0 radical (unpaired) electrons. The van der Waals surface area contributed by atoms with Crippen LogP contribution in [0.2, 0.25) is 0 Å². The molecule has 1 unspecified atom stereocenters. The van der Waals surface area contributed by atoms with Crippen molar-refractivity contribution in [2.75, 3.05) is 27.3 Å². The van der Waals surface area contributed by atoms with Crippen molar-refractivity contribution in [3.63, 3.8) is 0 Å². The highest BCUT2D eigenvalue weighted by Crippen LogP contribution is 2.11. The molecule has 0 bridgehead atoms. The van der Waals surface area contributed by atoms with Gasteiger partial charge in [-0.3, -0.25) is 4.79 Å². The third-order valence-electron chi connectivity index (χ3n) is 4.27. The second-order valence-corrected chi connectivity index (χ2v) is 6.05. The molecule has 0 saturated heterocycles. The van der Waals surface area contributed by atoms with E-state index in [4.69, 9.17) is 9.47 Å². The van der Waals surface area contributed by atoms with Gasteiger partial charge in [0.15, 0.2) is 6.04 Å². The predicted molar refractivity (Wildman–Crippen MR) is 98.0 cm³/mol.